The van der Waals surface area contributed by atoms with Crippen LogP contribution in [0.1, 0.15) is 23.2 Å². The third kappa shape index (κ3) is 9.62. The van der Waals surface area contributed by atoms with E-state index >= 15 is 0 Å². The van der Waals surface area contributed by atoms with E-state index < -0.39 is 15.8 Å². The van der Waals surface area contributed by atoms with E-state index in [0.717, 1.165) is 45.6 Å². The Morgan fingerprint density at radius 3 is 1.29 bits per heavy atom. The zero-order valence-corrected chi connectivity index (χ0v) is 33.7. The molecule has 8 nitrogen and oxygen atoms in total. The first-order valence-electron chi connectivity index (χ1n) is 14.9. The van der Waals surface area contributed by atoms with Gasteiger partial charge in [0.25, 0.3) is 0 Å². The van der Waals surface area contributed by atoms with E-state index in [0.29, 0.717) is 0 Å². The van der Waals surface area contributed by atoms with Crippen LogP contribution in [0.4, 0.5) is 0 Å². The fraction of sp³-hybridized carbons (Fsp3) is 0.294. The standard InChI is InChI=1S/C18H20O4P2S.C16H20N2O2.2ClH.Ru/c1-23(2)13-7-5-11-15(21-9-19-11)17(13)25-18-14(24(3)4)8-6-12-16(18)22-10-20-12;1-19-13-7-3-11(4-8-13)15(17)16(18)12-5-9-14(20-2)10-6-12;;;/h5-8H,9-10H2,1-4H3;3-10,15-16H,17-18H2,1-2H3;2*1H;/q;;;;+4. The summed E-state index contributed by atoms with van der Waals surface area (Å²) in [5.74, 6) is 5.02. The number of ether oxygens (including phenoxy) is 6. The number of fused-ring (bicyclic) bond motifs is 2. The van der Waals surface area contributed by atoms with Crippen LogP contribution in [0.15, 0.2) is 82.6 Å². The molecule has 2 aliphatic rings. The fourth-order valence-electron chi connectivity index (χ4n) is 5.05. The van der Waals surface area contributed by atoms with Crippen LogP contribution in [-0.4, -0.2) is 54.5 Å². The molecule has 6 rings (SSSR count). The SMILES string of the molecule is COc1ccc(C(N)C(N)c2ccc(OC)cc2)cc1.C[PH+](C)c1ccc2c(c1Sc1c([PH+](C)C)ccc3c1OCO3)OCO2.[Cl][Ru+2][Cl]. The van der Waals surface area contributed by atoms with Crippen LogP contribution in [0.3, 0.4) is 0 Å². The maximum atomic E-state index is 6.24. The monoisotopic (exact) mass is 840 g/mol. The maximum absolute atomic E-state index is 6.24. The molecule has 4 aromatic carbocycles. The zero-order valence-electron chi connectivity index (χ0n) is 27.6. The Labute approximate surface area is 305 Å². The van der Waals surface area contributed by atoms with Crippen molar-refractivity contribution < 1.29 is 43.6 Å². The van der Waals surface area contributed by atoms with E-state index in [4.69, 9.17) is 59.3 Å². The van der Waals surface area contributed by atoms with Crippen molar-refractivity contribution in [1.29, 1.82) is 0 Å². The molecule has 2 heterocycles. The van der Waals surface area contributed by atoms with Gasteiger partial charge in [-0.15, -0.1) is 0 Å². The minimum absolute atomic E-state index is 0.269. The second-order valence-electron chi connectivity index (χ2n) is 11.1. The van der Waals surface area contributed by atoms with Crippen LogP contribution in [0.2, 0.25) is 0 Å². The molecular weight excluding hydrogens is 798 g/mol. The number of nitrogens with two attached hydrogens (primary N) is 2. The summed E-state index contributed by atoms with van der Waals surface area (Å²) in [5.41, 5.74) is 14.4. The van der Waals surface area contributed by atoms with Gasteiger partial charge in [0.1, 0.15) is 31.9 Å². The molecule has 4 aromatic rings. The van der Waals surface area contributed by atoms with Gasteiger partial charge in [0.05, 0.1) is 40.9 Å². The molecule has 0 spiro atoms. The van der Waals surface area contributed by atoms with Gasteiger partial charge in [0.2, 0.25) is 13.6 Å². The van der Waals surface area contributed by atoms with Gasteiger partial charge in [0, 0.05) is 27.9 Å². The van der Waals surface area contributed by atoms with Crippen LogP contribution >= 0.6 is 47.0 Å². The Bertz CT molecular complexity index is 1520. The molecule has 0 saturated heterocycles. The van der Waals surface area contributed by atoms with Crippen LogP contribution in [0.5, 0.6) is 34.5 Å². The number of methoxy groups -OCH3 is 2. The van der Waals surface area contributed by atoms with Crippen LogP contribution in [0, 0.1) is 0 Å². The van der Waals surface area contributed by atoms with E-state index in [2.05, 4.69) is 38.8 Å². The van der Waals surface area contributed by atoms with E-state index in [9.17, 15) is 0 Å². The van der Waals surface area contributed by atoms with Gasteiger partial charge in [-0.3, -0.25) is 0 Å². The molecule has 0 radical (unpaired) electrons. The predicted octanol–water partition coefficient (Wildman–Crippen LogP) is 7.27. The van der Waals surface area contributed by atoms with E-state index in [1.54, 1.807) is 26.0 Å². The summed E-state index contributed by atoms with van der Waals surface area (Å²) in [5, 5.41) is 2.73. The van der Waals surface area contributed by atoms with Crippen LogP contribution in [-0.2, 0) is 15.1 Å². The van der Waals surface area contributed by atoms with E-state index in [1.807, 2.05) is 60.7 Å². The van der Waals surface area contributed by atoms with Crippen molar-refractivity contribution in [1.82, 2.24) is 0 Å². The van der Waals surface area contributed by atoms with Crippen molar-refractivity contribution >= 4 is 57.6 Å². The molecule has 14 heteroatoms. The van der Waals surface area contributed by atoms with Crippen molar-refractivity contribution in [3.63, 3.8) is 0 Å². The van der Waals surface area contributed by atoms with Crippen LogP contribution in [0.25, 0.3) is 0 Å². The minimum atomic E-state index is -0.648. The van der Waals surface area contributed by atoms with Gasteiger partial charge in [-0.2, -0.15) is 0 Å². The van der Waals surface area contributed by atoms with E-state index in [1.165, 1.54) is 20.4 Å². The third-order valence-electron chi connectivity index (χ3n) is 7.66. The Hall–Kier alpha value is -1.99. The molecule has 0 bridgehead atoms. The second kappa shape index (κ2) is 18.9. The van der Waals surface area contributed by atoms with Gasteiger partial charge in [-0.1, -0.05) is 36.0 Å². The zero-order chi connectivity index (χ0) is 34.8. The molecule has 48 heavy (non-hydrogen) atoms. The summed E-state index contributed by atoms with van der Waals surface area (Å²) < 4.78 is 33.1. The Morgan fingerprint density at radius 1 is 0.625 bits per heavy atom. The number of benzene rings is 4. The molecule has 258 valence electrons. The molecule has 0 aliphatic carbocycles. The summed E-state index contributed by atoms with van der Waals surface area (Å²) in [6.07, 6.45) is 0. The molecule has 2 atom stereocenters. The van der Waals surface area contributed by atoms with Gasteiger partial charge in [-0.05, 0) is 59.7 Å². The fourth-order valence-corrected chi connectivity index (χ4v) is 9.62. The first-order valence-corrected chi connectivity index (χ1v) is 25.2. The van der Waals surface area contributed by atoms with Crippen LogP contribution < -0.4 is 50.5 Å². The summed E-state index contributed by atoms with van der Waals surface area (Å²) in [6, 6.07) is 23.2. The van der Waals surface area contributed by atoms with Crippen molar-refractivity contribution in [3.05, 3.63) is 83.9 Å². The molecule has 2 aliphatic heterocycles. The van der Waals surface area contributed by atoms with Gasteiger partial charge < -0.3 is 39.9 Å². The molecule has 0 aromatic heterocycles. The summed E-state index contributed by atoms with van der Waals surface area (Å²) in [7, 11) is 11.7. The number of rotatable bonds is 9. The third-order valence-corrected chi connectivity index (χ3v) is 12.2. The topological polar surface area (TPSA) is 107 Å². The number of hydrogen-bond donors (Lipinski definition) is 2. The quantitative estimate of drug-likeness (QED) is 0.133. The summed E-state index contributed by atoms with van der Waals surface area (Å²) >= 11 is 1.40. The molecule has 0 amide bonds. The van der Waals surface area contributed by atoms with Gasteiger partial charge in [-0.25, -0.2) is 0 Å². The summed E-state index contributed by atoms with van der Waals surface area (Å²) in [4.78, 5) is 2.34. The first kappa shape index (κ1) is 38.8. The predicted molar refractivity (Wildman–Crippen MR) is 200 cm³/mol. The Morgan fingerprint density at radius 2 is 0.979 bits per heavy atom. The average molecular weight is 841 g/mol. The normalized spacial score (nSPS) is 13.7. The van der Waals surface area contributed by atoms with Crippen molar-refractivity contribution in [2.45, 2.75) is 21.9 Å². The molecule has 0 fully saturated rings. The van der Waals surface area contributed by atoms with Gasteiger partial charge >= 0.3 is 34.5 Å². The van der Waals surface area contributed by atoms with Crippen molar-refractivity contribution in [3.8, 4) is 34.5 Å². The average Bonchev–Trinajstić information content (AvgIpc) is 3.79. The van der Waals surface area contributed by atoms with Crippen molar-refractivity contribution in [2.75, 3.05) is 54.5 Å². The molecule has 2 unspecified atom stereocenters. The number of hydrogen-bond acceptors (Lipinski definition) is 9. The van der Waals surface area contributed by atoms with E-state index in [-0.39, 0.29) is 40.8 Å². The Balaban J connectivity index is 0.000000205. The Kier molecular flexibility index (Phi) is 15.2. The molecular formula is C34H42Cl2N2O6P2RuS+4. The number of halogens is 2. The second-order valence-corrected chi connectivity index (χ2v) is 19.8. The molecule has 0 saturated carbocycles. The molecule has 4 N–H and O–H groups in total. The van der Waals surface area contributed by atoms with Crippen molar-refractivity contribution in [2.24, 2.45) is 11.5 Å². The van der Waals surface area contributed by atoms with Gasteiger partial charge in [0.15, 0.2) is 23.0 Å². The summed E-state index contributed by atoms with van der Waals surface area (Å²) in [6.45, 7) is 9.79. The first-order chi connectivity index (χ1) is 23.1.